The second-order valence-electron chi connectivity index (χ2n) is 11.9. The topological polar surface area (TPSA) is 79.4 Å². The number of hydrogen-bond acceptors (Lipinski definition) is 5. The first kappa shape index (κ1) is 29.3. The van der Waals surface area contributed by atoms with Crippen molar-refractivity contribution < 1.29 is 13.2 Å². The van der Waals surface area contributed by atoms with Crippen LogP contribution in [0, 0.1) is 23.7 Å². The van der Waals surface area contributed by atoms with Crippen LogP contribution in [0.3, 0.4) is 0 Å². The van der Waals surface area contributed by atoms with Crippen LogP contribution in [0.1, 0.15) is 67.5 Å². The number of nitrogens with one attached hydrogen (secondary N) is 1. The summed E-state index contributed by atoms with van der Waals surface area (Å²) in [5.74, 6) is -0.406. The molecule has 0 radical (unpaired) electrons. The van der Waals surface area contributed by atoms with Crippen LogP contribution in [0.15, 0.2) is 47.2 Å². The Hall–Kier alpha value is -3.16. The molecule has 214 valence electrons. The second kappa shape index (κ2) is 10.6. The highest BCUT2D eigenvalue weighted by Gasteiger charge is 2.66. The molecule has 0 saturated heterocycles. The summed E-state index contributed by atoms with van der Waals surface area (Å²) in [4.78, 5) is 4.45. The molecule has 41 heavy (non-hydrogen) atoms. The first-order valence-corrected chi connectivity index (χ1v) is 14.4. The third-order valence-electron chi connectivity index (χ3n) is 7.58. The first-order chi connectivity index (χ1) is 19.2. The Kier molecular flexibility index (Phi) is 7.58. The lowest BCUT2D eigenvalue weighted by molar-refractivity contribution is -0.182. The molecule has 2 aromatic heterocycles. The fraction of sp³-hybridized carbons (Fsp3) is 0.400. The van der Waals surface area contributed by atoms with E-state index in [4.69, 9.17) is 11.6 Å². The molecule has 0 bridgehead atoms. The van der Waals surface area contributed by atoms with Gasteiger partial charge in [0.1, 0.15) is 6.07 Å². The zero-order valence-corrected chi connectivity index (χ0v) is 25.4. The van der Waals surface area contributed by atoms with Gasteiger partial charge < -0.3 is 5.32 Å². The third kappa shape index (κ3) is 5.67. The maximum absolute atomic E-state index is 13.9. The Morgan fingerprint density at radius 3 is 2.59 bits per heavy atom. The number of rotatable bonds is 7. The van der Waals surface area contributed by atoms with Crippen LogP contribution >= 0.6 is 27.5 Å². The molecular weight excluding hydrogens is 617 g/mol. The Bertz CT molecular complexity index is 1660. The van der Waals surface area contributed by atoms with E-state index in [2.05, 4.69) is 63.4 Å². The molecule has 0 amide bonds. The molecular formula is C30H29BrClF3N6. The number of benzene rings is 2. The summed E-state index contributed by atoms with van der Waals surface area (Å²) in [7, 11) is 0. The fourth-order valence-electron chi connectivity index (χ4n) is 5.08. The summed E-state index contributed by atoms with van der Waals surface area (Å²) >= 11 is 10.3. The van der Waals surface area contributed by atoms with E-state index >= 15 is 0 Å². The van der Waals surface area contributed by atoms with Gasteiger partial charge in [0.15, 0.2) is 5.54 Å². The van der Waals surface area contributed by atoms with Crippen LogP contribution in [0.5, 0.6) is 0 Å². The summed E-state index contributed by atoms with van der Waals surface area (Å²) in [5.41, 5.74) is 2.71. The van der Waals surface area contributed by atoms with Crippen molar-refractivity contribution in [2.75, 3.05) is 11.9 Å². The van der Waals surface area contributed by atoms with E-state index in [1.807, 2.05) is 37.3 Å². The van der Waals surface area contributed by atoms with Gasteiger partial charge >= 0.3 is 6.18 Å². The van der Waals surface area contributed by atoms with E-state index in [9.17, 15) is 18.4 Å². The highest BCUT2D eigenvalue weighted by atomic mass is 79.9. The maximum Gasteiger partial charge on any atom is 0.413 e. The van der Waals surface area contributed by atoms with Gasteiger partial charge in [-0.25, -0.2) is 4.68 Å². The Morgan fingerprint density at radius 2 is 1.95 bits per heavy atom. The fourth-order valence-corrected chi connectivity index (χ4v) is 5.75. The van der Waals surface area contributed by atoms with Crippen molar-refractivity contribution in [3.8, 4) is 6.07 Å². The summed E-state index contributed by atoms with van der Waals surface area (Å²) in [5, 5.41) is 22.6. The van der Waals surface area contributed by atoms with Gasteiger partial charge in [0.2, 0.25) is 0 Å². The molecule has 0 spiro atoms. The Labute approximate surface area is 250 Å². The Morgan fingerprint density at radius 1 is 1.22 bits per heavy atom. The van der Waals surface area contributed by atoms with Crippen molar-refractivity contribution in [3.05, 3.63) is 80.2 Å². The highest BCUT2D eigenvalue weighted by Crippen LogP contribution is 2.55. The average molecular weight is 646 g/mol. The van der Waals surface area contributed by atoms with Gasteiger partial charge in [-0.1, -0.05) is 65.6 Å². The quantitative estimate of drug-likeness (QED) is 0.219. The summed E-state index contributed by atoms with van der Waals surface area (Å²) in [6.07, 6.45) is -1.11. The van der Waals surface area contributed by atoms with E-state index in [-0.39, 0.29) is 18.3 Å². The average Bonchev–Trinajstić information content (AvgIpc) is 3.58. The monoisotopic (exact) mass is 644 g/mol. The molecule has 1 fully saturated rings. The van der Waals surface area contributed by atoms with E-state index in [1.165, 1.54) is 12.4 Å². The number of halogens is 5. The van der Waals surface area contributed by atoms with Gasteiger partial charge in [0.05, 0.1) is 33.7 Å². The van der Waals surface area contributed by atoms with Gasteiger partial charge in [-0.15, -0.1) is 5.10 Å². The standard InChI is InChI=1S/C30H29BrClF3N6/c1-17-20(6-5-7-23(17)31)21(25-15-41(40-39-25)29(8-9-29)30(33,34)35)10-18-11-22-26(38-16-28(2,3)4)19(13-36)14-37-27(22)24(32)12-18/h5-7,11-12,14-15,21H,8-10,16H2,1-4H3,(H,37,38)/t21-/m0/s1. The Balaban J connectivity index is 1.62. The second-order valence-corrected chi connectivity index (χ2v) is 13.1. The molecule has 1 atom stereocenters. The van der Waals surface area contributed by atoms with Crippen LogP contribution in [-0.4, -0.2) is 32.7 Å². The molecule has 1 N–H and O–H groups in total. The van der Waals surface area contributed by atoms with Crippen molar-refractivity contribution in [2.24, 2.45) is 5.41 Å². The molecule has 1 saturated carbocycles. The lowest BCUT2D eigenvalue weighted by Crippen LogP contribution is -2.35. The van der Waals surface area contributed by atoms with E-state index in [0.717, 1.165) is 25.8 Å². The first-order valence-electron chi connectivity index (χ1n) is 13.2. The van der Waals surface area contributed by atoms with Crippen LogP contribution in [-0.2, 0) is 12.0 Å². The van der Waals surface area contributed by atoms with Crippen molar-refractivity contribution in [2.45, 2.75) is 64.6 Å². The molecule has 2 heterocycles. The molecule has 4 aromatic rings. The smallest absolute Gasteiger partial charge is 0.383 e. The lowest BCUT2D eigenvalue weighted by atomic mass is 9.86. The molecule has 2 aromatic carbocycles. The van der Waals surface area contributed by atoms with Gasteiger partial charge in [0, 0.05) is 28.5 Å². The number of anilines is 1. The summed E-state index contributed by atoms with van der Waals surface area (Å²) in [6.45, 7) is 8.86. The number of aromatic nitrogens is 4. The predicted molar refractivity (Wildman–Crippen MR) is 157 cm³/mol. The van der Waals surface area contributed by atoms with Gasteiger partial charge in [0.25, 0.3) is 0 Å². The van der Waals surface area contributed by atoms with Crippen LogP contribution in [0.4, 0.5) is 18.9 Å². The van der Waals surface area contributed by atoms with Gasteiger partial charge in [-0.2, -0.15) is 18.4 Å². The van der Waals surface area contributed by atoms with Crippen molar-refractivity contribution >= 4 is 44.1 Å². The molecule has 1 aliphatic rings. The number of nitriles is 1. The molecule has 0 unspecified atom stereocenters. The number of nitrogens with zero attached hydrogens (tertiary/aromatic N) is 5. The van der Waals surface area contributed by atoms with E-state index in [0.29, 0.717) is 45.8 Å². The summed E-state index contributed by atoms with van der Waals surface area (Å²) in [6, 6.07) is 11.8. The molecule has 6 nitrogen and oxygen atoms in total. The van der Waals surface area contributed by atoms with E-state index in [1.54, 1.807) is 0 Å². The zero-order chi connectivity index (χ0) is 29.7. The number of fused-ring (bicyclic) bond motifs is 1. The number of hydrogen-bond donors (Lipinski definition) is 1. The third-order valence-corrected chi connectivity index (χ3v) is 8.73. The summed E-state index contributed by atoms with van der Waals surface area (Å²) < 4.78 is 43.5. The van der Waals surface area contributed by atoms with Crippen molar-refractivity contribution in [1.29, 1.82) is 5.26 Å². The van der Waals surface area contributed by atoms with Crippen LogP contribution < -0.4 is 5.32 Å². The van der Waals surface area contributed by atoms with Gasteiger partial charge in [-0.05, 0) is 66.5 Å². The molecule has 5 rings (SSSR count). The SMILES string of the molecule is Cc1c(Br)cccc1[C@H](Cc1cc(Cl)c2ncc(C#N)c(NCC(C)(C)C)c2c1)c1cn(C2(C(F)(F)F)CC2)nn1. The van der Waals surface area contributed by atoms with Crippen LogP contribution in [0.25, 0.3) is 10.9 Å². The normalized spacial score (nSPS) is 15.5. The molecule has 1 aliphatic carbocycles. The predicted octanol–water partition coefficient (Wildman–Crippen LogP) is 8.31. The van der Waals surface area contributed by atoms with Crippen molar-refractivity contribution in [3.63, 3.8) is 0 Å². The largest absolute Gasteiger partial charge is 0.413 e. The zero-order valence-electron chi connectivity index (χ0n) is 23.1. The minimum absolute atomic E-state index is 0.0151. The minimum Gasteiger partial charge on any atom is -0.383 e. The minimum atomic E-state index is -4.41. The molecule has 0 aliphatic heterocycles. The van der Waals surface area contributed by atoms with Gasteiger partial charge in [-0.3, -0.25) is 4.98 Å². The number of alkyl halides is 3. The lowest BCUT2D eigenvalue weighted by Gasteiger charge is -2.22. The van der Waals surface area contributed by atoms with Crippen LogP contribution in [0.2, 0.25) is 5.02 Å². The van der Waals surface area contributed by atoms with E-state index < -0.39 is 17.6 Å². The number of pyridine rings is 1. The molecule has 11 heteroatoms. The van der Waals surface area contributed by atoms with Crippen molar-refractivity contribution in [1.82, 2.24) is 20.0 Å². The maximum atomic E-state index is 13.9. The highest BCUT2D eigenvalue weighted by molar-refractivity contribution is 9.10.